The fourth-order valence-electron chi connectivity index (χ4n) is 2.28. The quantitative estimate of drug-likeness (QED) is 0.378. The van der Waals surface area contributed by atoms with Gasteiger partial charge in [-0.15, -0.1) is 11.3 Å². The van der Waals surface area contributed by atoms with E-state index in [2.05, 4.69) is 4.74 Å². The van der Waals surface area contributed by atoms with E-state index in [9.17, 15) is 4.79 Å². The first kappa shape index (κ1) is 17.8. The molecule has 0 bridgehead atoms. The van der Waals surface area contributed by atoms with Crippen LogP contribution in [-0.4, -0.2) is 25.5 Å². The lowest BCUT2D eigenvalue weighted by molar-refractivity contribution is -0.142. The van der Waals surface area contributed by atoms with E-state index in [1.807, 2.05) is 36.4 Å². The molecule has 3 N–H and O–H groups in total. The summed E-state index contributed by atoms with van der Waals surface area (Å²) in [6.45, 7) is 0.295. The molecule has 0 saturated carbocycles. The number of benzene rings is 2. The molecule has 0 radical (unpaired) electrons. The zero-order valence-electron chi connectivity index (χ0n) is 14.2. The highest BCUT2D eigenvalue weighted by Gasteiger charge is 2.06. The van der Waals surface area contributed by atoms with E-state index in [4.69, 9.17) is 20.6 Å². The van der Waals surface area contributed by atoms with Crippen molar-refractivity contribution < 1.29 is 19.0 Å². The first-order valence-corrected chi connectivity index (χ1v) is 8.66. The van der Waals surface area contributed by atoms with Crippen molar-refractivity contribution in [2.45, 2.75) is 6.61 Å². The molecular weight excluding hydrogens is 352 g/mol. The maximum Gasteiger partial charge on any atom is 0.343 e. The van der Waals surface area contributed by atoms with Gasteiger partial charge in [-0.2, -0.15) is 0 Å². The zero-order valence-corrected chi connectivity index (χ0v) is 15.0. The van der Waals surface area contributed by atoms with Gasteiger partial charge in [0.25, 0.3) is 0 Å². The topological polar surface area (TPSA) is 94.6 Å². The summed E-state index contributed by atoms with van der Waals surface area (Å²) in [7, 11) is 1.32. The van der Waals surface area contributed by atoms with Crippen molar-refractivity contribution in [1.29, 1.82) is 5.41 Å². The molecule has 0 spiro atoms. The van der Waals surface area contributed by atoms with Crippen molar-refractivity contribution in [1.82, 2.24) is 0 Å². The van der Waals surface area contributed by atoms with Crippen LogP contribution in [0.4, 0.5) is 0 Å². The number of esters is 1. The normalized spacial score (nSPS) is 10.5. The molecule has 3 rings (SSSR count). The standard InChI is InChI=1S/C19H18N2O4S/c1-23-18(22)11-25-14-5-2-12(3-6-14)10-24-15-7-4-13-8-17(19(20)21)26-16(13)9-15/h2-9H,10-11H2,1H3,(H3,20,21). The minimum absolute atomic E-state index is 0.0724. The lowest BCUT2D eigenvalue weighted by atomic mass is 10.2. The Morgan fingerprint density at radius 1 is 1.08 bits per heavy atom. The van der Waals surface area contributed by atoms with Gasteiger partial charge in [-0.1, -0.05) is 12.1 Å². The van der Waals surface area contributed by atoms with Gasteiger partial charge in [-0.05, 0) is 47.3 Å². The number of nitrogens with two attached hydrogens (primary N) is 1. The molecule has 0 aliphatic carbocycles. The summed E-state index contributed by atoms with van der Waals surface area (Å²) >= 11 is 1.47. The minimum Gasteiger partial charge on any atom is -0.489 e. The molecule has 6 nitrogen and oxygen atoms in total. The highest BCUT2D eigenvalue weighted by atomic mass is 32.1. The first-order valence-electron chi connectivity index (χ1n) is 7.84. The van der Waals surface area contributed by atoms with Gasteiger partial charge in [0.05, 0.1) is 12.0 Å². The lowest BCUT2D eigenvalue weighted by Gasteiger charge is -2.08. The predicted molar refractivity (Wildman–Crippen MR) is 101 cm³/mol. The first-order chi connectivity index (χ1) is 12.5. The molecule has 3 aromatic rings. The molecule has 0 fully saturated rings. The summed E-state index contributed by atoms with van der Waals surface area (Å²) < 4.78 is 16.7. The third kappa shape index (κ3) is 4.31. The van der Waals surface area contributed by atoms with Crippen LogP contribution < -0.4 is 15.2 Å². The van der Waals surface area contributed by atoms with Crippen LogP contribution in [0.5, 0.6) is 11.5 Å². The summed E-state index contributed by atoms with van der Waals surface area (Å²) in [4.78, 5) is 11.8. The Hall–Kier alpha value is -3.06. The molecule has 1 aromatic heterocycles. The fourth-order valence-corrected chi connectivity index (χ4v) is 3.24. The van der Waals surface area contributed by atoms with Crippen LogP contribution >= 0.6 is 11.3 Å². The Labute approximate surface area is 154 Å². The Balaban J connectivity index is 1.60. The molecule has 0 aliphatic heterocycles. The largest absolute Gasteiger partial charge is 0.489 e. The van der Waals surface area contributed by atoms with E-state index in [0.717, 1.165) is 26.3 Å². The van der Waals surface area contributed by atoms with Crippen LogP contribution in [0, 0.1) is 5.41 Å². The molecule has 134 valence electrons. The van der Waals surface area contributed by atoms with Crippen LogP contribution in [0.3, 0.4) is 0 Å². The second-order valence-electron chi connectivity index (χ2n) is 5.52. The van der Waals surface area contributed by atoms with Crippen molar-refractivity contribution >= 4 is 33.2 Å². The molecule has 0 amide bonds. The molecule has 26 heavy (non-hydrogen) atoms. The molecule has 2 aromatic carbocycles. The number of carbonyl (C=O) groups is 1. The molecule has 7 heteroatoms. The molecule has 0 aliphatic rings. The summed E-state index contributed by atoms with van der Waals surface area (Å²) in [5, 5.41) is 8.56. The van der Waals surface area contributed by atoms with Crippen LogP contribution in [0.15, 0.2) is 48.5 Å². The van der Waals surface area contributed by atoms with Gasteiger partial charge >= 0.3 is 5.97 Å². The summed E-state index contributed by atoms with van der Waals surface area (Å²) in [5.74, 6) is 0.994. The second-order valence-corrected chi connectivity index (χ2v) is 6.61. The van der Waals surface area contributed by atoms with Crippen LogP contribution in [0.1, 0.15) is 10.4 Å². The third-order valence-electron chi connectivity index (χ3n) is 3.67. The van der Waals surface area contributed by atoms with E-state index >= 15 is 0 Å². The van der Waals surface area contributed by atoms with Crippen molar-refractivity contribution in [2.24, 2.45) is 5.73 Å². The van der Waals surface area contributed by atoms with Gasteiger partial charge in [-0.25, -0.2) is 4.79 Å². The number of rotatable bonds is 7. The number of amidine groups is 1. The van der Waals surface area contributed by atoms with E-state index in [1.54, 1.807) is 12.1 Å². The monoisotopic (exact) mass is 370 g/mol. The van der Waals surface area contributed by atoms with E-state index < -0.39 is 5.97 Å². The molecule has 0 unspecified atom stereocenters. The number of fused-ring (bicyclic) bond motifs is 1. The molecule has 0 saturated heterocycles. The highest BCUT2D eigenvalue weighted by Crippen LogP contribution is 2.29. The number of nitrogen functional groups attached to an aromatic ring is 1. The molecule has 0 atom stereocenters. The predicted octanol–water partition coefficient (Wildman–Crippen LogP) is 3.32. The van der Waals surface area contributed by atoms with Gasteiger partial charge in [0, 0.05) is 4.70 Å². The minimum atomic E-state index is -0.422. The van der Waals surface area contributed by atoms with Crippen LogP contribution in [0.25, 0.3) is 10.1 Å². The summed E-state index contributed by atoms with van der Waals surface area (Å²) in [5.41, 5.74) is 6.51. The number of methoxy groups -OCH3 is 1. The van der Waals surface area contributed by atoms with Gasteiger partial charge in [0.15, 0.2) is 6.61 Å². The number of ether oxygens (including phenoxy) is 3. The molecular formula is C19H18N2O4S. The third-order valence-corrected chi connectivity index (χ3v) is 4.80. The second kappa shape index (κ2) is 7.88. The van der Waals surface area contributed by atoms with Crippen molar-refractivity contribution in [3.8, 4) is 11.5 Å². The SMILES string of the molecule is COC(=O)COc1ccc(COc2ccc3cc(C(=N)N)sc3c2)cc1. The number of hydrogen-bond donors (Lipinski definition) is 2. The average molecular weight is 370 g/mol. The van der Waals surface area contributed by atoms with Crippen molar-refractivity contribution in [2.75, 3.05) is 13.7 Å². The van der Waals surface area contributed by atoms with Crippen LogP contribution in [-0.2, 0) is 16.1 Å². The van der Waals surface area contributed by atoms with Crippen LogP contribution in [0.2, 0.25) is 0 Å². The van der Waals surface area contributed by atoms with Crippen molar-refractivity contribution in [3.63, 3.8) is 0 Å². The van der Waals surface area contributed by atoms with Gasteiger partial charge in [0.1, 0.15) is 23.9 Å². The van der Waals surface area contributed by atoms with E-state index in [1.165, 1.54) is 18.4 Å². The average Bonchev–Trinajstić information content (AvgIpc) is 3.09. The number of carbonyl (C=O) groups excluding carboxylic acids is 1. The summed E-state index contributed by atoms with van der Waals surface area (Å²) in [6, 6.07) is 15.0. The van der Waals surface area contributed by atoms with Gasteiger partial charge in [0.2, 0.25) is 0 Å². The van der Waals surface area contributed by atoms with Gasteiger partial charge in [-0.3, -0.25) is 5.41 Å². The maximum atomic E-state index is 11.1. The Morgan fingerprint density at radius 2 is 1.81 bits per heavy atom. The zero-order chi connectivity index (χ0) is 18.5. The van der Waals surface area contributed by atoms with E-state index in [0.29, 0.717) is 12.4 Å². The number of hydrogen-bond acceptors (Lipinski definition) is 6. The lowest BCUT2D eigenvalue weighted by Crippen LogP contribution is -2.12. The van der Waals surface area contributed by atoms with Gasteiger partial charge < -0.3 is 19.9 Å². The Kier molecular flexibility index (Phi) is 5.38. The summed E-state index contributed by atoms with van der Waals surface area (Å²) in [6.07, 6.45) is 0. The highest BCUT2D eigenvalue weighted by molar-refractivity contribution is 7.20. The fraction of sp³-hybridized carbons (Fsp3) is 0.158. The van der Waals surface area contributed by atoms with Crippen molar-refractivity contribution in [3.05, 3.63) is 59.0 Å². The Morgan fingerprint density at radius 3 is 2.50 bits per heavy atom. The van der Waals surface area contributed by atoms with E-state index in [-0.39, 0.29) is 12.4 Å². The molecule has 1 heterocycles. The number of nitrogens with one attached hydrogen (secondary N) is 1. The smallest absolute Gasteiger partial charge is 0.343 e. The number of thiophene rings is 1. The maximum absolute atomic E-state index is 11.1. The Bertz CT molecular complexity index is 934.